The second kappa shape index (κ2) is 9.35. The van der Waals surface area contributed by atoms with Crippen LogP contribution in [0, 0.1) is 0 Å². The zero-order chi connectivity index (χ0) is 22.7. The molecular formula is C25H25ClN2O3S. The Balaban J connectivity index is 1.40. The standard InChI is InChI=1S/C25H25ClN2O3S/c1-2-32(30,31)22-10-7-18(8-11-22)15-25(29)27-21-9-12-24(23(26)16-21)28-14-13-19-5-3-4-6-20(19)17-28/h3-12,16H,2,13-15,17H2,1H3,(H,27,29). The van der Waals surface area contributed by atoms with Gasteiger partial charge in [0.25, 0.3) is 0 Å². The van der Waals surface area contributed by atoms with Crippen LogP contribution in [0.2, 0.25) is 5.02 Å². The molecule has 3 aromatic carbocycles. The zero-order valence-corrected chi connectivity index (χ0v) is 19.4. The molecule has 0 saturated heterocycles. The first-order valence-corrected chi connectivity index (χ1v) is 12.6. The fourth-order valence-electron chi connectivity index (χ4n) is 3.91. The molecule has 0 bridgehead atoms. The van der Waals surface area contributed by atoms with Gasteiger partial charge in [-0.15, -0.1) is 0 Å². The molecule has 0 unspecified atom stereocenters. The van der Waals surface area contributed by atoms with Crippen molar-refractivity contribution in [3.05, 3.63) is 88.4 Å². The van der Waals surface area contributed by atoms with E-state index in [2.05, 4.69) is 34.5 Å². The van der Waals surface area contributed by atoms with Gasteiger partial charge in [-0.3, -0.25) is 4.79 Å². The number of hydrogen-bond donors (Lipinski definition) is 1. The summed E-state index contributed by atoms with van der Waals surface area (Å²) in [5.41, 5.74) is 5.01. The van der Waals surface area contributed by atoms with E-state index in [1.807, 2.05) is 12.1 Å². The second-order valence-corrected chi connectivity index (χ2v) is 10.6. The highest BCUT2D eigenvalue weighted by atomic mass is 35.5. The van der Waals surface area contributed by atoms with Crippen molar-refractivity contribution in [3.8, 4) is 0 Å². The first kappa shape index (κ1) is 22.4. The molecule has 0 aliphatic carbocycles. The fourth-order valence-corrected chi connectivity index (χ4v) is 5.10. The predicted molar refractivity (Wildman–Crippen MR) is 129 cm³/mol. The molecular weight excluding hydrogens is 444 g/mol. The van der Waals surface area contributed by atoms with E-state index < -0.39 is 9.84 Å². The third kappa shape index (κ3) is 4.97. The highest BCUT2D eigenvalue weighted by molar-refractivity contribution is 7.91. The van der Waals surface area contributed by atoms with Crippen molar-refractivity contribution in [3.63, 3.8) is 0 Å². The molecule has 0 spiro atoms. The van der Waals surface area contributed by atoms with Crippen LogP contribution < -0.4 is 10.2 Å². The van der Waals surface area contributed by atoms with Crippen molar-refractivity contribution in [2.75, 3.05) is 22.5 Å². The van der Waals surface area contributed by atoms with Crippen molar-refractivity contribution in [2.45, 2.75) is 31.2 Å². The van der Waals surface area contributed by atoms with Gasteiger partial charge in [-0.2, -0.15) is 0 Å². The SMILES string of the molecule is CCS(=O)(=O)c1ccc(CC(=O)Nc2ccc(N3CCc4ccccc4C3)c(Cl)c2)cc1. The Hall–Kier alpha value is -2.83. The van der Waals surface area contributed by atoms with Gasteiger partial charge in [-0.1, -0.05) is 54.9 Å². The number of sulfone groups is 1. The van der Waals surface area contributed by atoms with Crippen LogP contribution in [0.25, 0.3) is 0 Å². The van der Waals surface area contributed by atoms with Crippen LogP contribution in [0.15, 0.2) is 71.6 Å². The summed E-state index contributed by atoms with van der Waals surface area (Å²) in [4.78, 5) is 15.0. The van der Waals surface area contributed by atoms with E-state index in [9.17, 15) is 13.2 Å². The molecule has 1 heterocycles. The van der Waals surface area contributed by atoms with E-state index >= 15 is 0 Å². The molecule has 1 amide bonds. The van der Waals surface area contributed by atoms with Crippen LogP contribution in [-0.4, -0.2) is 26.6 Å². The minimum atomic E-state index is -3.25. The number of anilines is 2. The molecule has 0 aromatic heterocycles. The molecule has 0 saturated carbocycles. The topological polar surface area (TPSA) is 66.5 Å². The average Bonchev–Trinajstić information content (AvgIpc) is 2.79. The lowest BCUT2D eigenvalue weighted by molar-refractivity contribution is -0.115. The Labute approximate surface area is 193 Å². The molecule has 0 atom stereocenters. The lowest BCUT2D eigenvalue weighted by Crippen LogP contribution is -2.30. The van der Waals surface area contributed by atoms with Crippen LogP contribution in [0.5, 0.6) is 0 Å². The van der Waals surface area contributed by atoms with E-state index in [-0.39, 0.29) is 23.0 Å². The van der Waals surface area contributed by atoms with E-state index in [1.165, 1.54) is 11.1 Å². The van der Waals surface area contributed by atoms with Crippen molar-refractivity contribution in [2.24, 2.45) is 0 Å². The summed E-state index contributed by atoms with van der Waals surface area (Å²) in [6.07, 6.45) is 1.12. The number of hydrogen-bond acceptors (Lipinski definition) is 4. The van der Waals surface area contributed by atoms with Gasteiger partial charge in [0.15, 0.2) is 9.84 Å². The molecule has 166 valence electrons. The molecule has 1 aliphatic heterocycles. The summed E-state index contributed by atoms with van der Waals surface area (Å²) in [5, 5.41) is 3.47. The van der Waals surface area contributed by atoms with E-state index in [0.717, 1.165) is 30.8 Å². The van der Waals surface area contributed by atoms with Gasteiger partial charge in [0, 0.05) is 18.8 Å². The van der Waals surface area contributed by atoms with Gasteiger partial charge in [-0.05, 0) is 53.4 Å². The smallest absolute Gasteiger partial charge is 0.228 e. The summed E-state index contributed by atoms with van der Waals surface area (Å²) in [7, 11) is -3.25. The quantitative estimate of drug-likeness (QED) is 0.560. The van der Waals surface area contributed by atoms with Crippen LogP contribution in [-0.2, 0) is 34.0 Å². The number of carbonyl (C=O) groups is 1. The molecule has 5 nitrogen and oxygen atoms in total. The Morgan fingerprint density at radius 2 is 1.75 bits per heavy atom. The summed E-state index contributed by atoms with van der Waals surface area (Å²) < 4.78 is 23.8. The van der Waals surface area contributed by atoms with Gasteiger partial charge in [0.05, 0.1) is 27.8 Å². The van der Waals surface area contributed by atoms with E-state index in [1.54, 1.807) is 37.3 Å². The Morgan fingerprint density at radius 3 is 2.44 bits per heavy atom. The number of carbonyl (C=O) groups excluding carboxylic acids is 1. The van der Waals surface area contributed by atoms with Gasteiger partial charge >= 0.3 is 0 Å². The first-order valence-electron chi connectivity index (χ1n) is 10.6. The molecule has 0 fully saturated rings. The highest BCUT2D eigenvalue weighted by Crippen LogP contribution is 2.32. The predicted octanol–water partition coefficient (Wildman–Crippen LogP) is 4.88. The van der Waals surface area contributed by atoms with E-state index in [0.29, 0.717) is 10.7 Å². The van der Waals surface area contributed by atoms with E-state index in [4.69, 9.17) is 11.6 Å². The number of benzene rings is 3. The number of fused-ring (bicyclic) bond motifs is 1. The molecule has 7 heteroatoms. The minimum absolute atomic E-state index is 0.0491. The number of nitrogens with zero attached hydrogens (tertiary/aromatic N) is 1. The zero-order valence-electron chi connectivity index (χ0n) is 17.8. The fraction of sp³-hybridized carbons (Fsp3) is 0.240. The number of amides is 1. The van der Waals surface area contributed by atoms with Crippen molar-refractivity contribution in [1.29, 1.82) is 0 Å². The highest BCUT2D eigenvalue weighted by Gasteiger charge is 2.18. The number of halogens is 1. The van der Waals surface area contributed by atoms with Gasteiger partial charge < -0.3 is 10.2 Å². The number of rotatable bonds is 6. The second-order valence-electron chi connectivity index (χ2n) is 7.88. The molecule has 3 aromatic rings. The van der Waals surface area contributed by atoms with Gasteiger partial charge in [0.1, 0.15) is 0 Å². The lowest BCUT2D eigenvalue weighted by atomic mass is 9.99. The normalized spacial score (nSPS) is 13.5. The maximum Gasteiger partial charge on any atom is 0.228 e. The van der Waals surface area contributed by atoms with Crippen molar-refractivity contribution in [1.82, 2.24) is 0 Å². The Bertz CT molecular complexity index is 1240. The third-order valence-corrected chi connectivity index (χ3v) is 7.78. The van der Waals surface area contributed by atoms with Crippen molar-refractivity contribution >= 4 is 38.7 Å². The molecule has 4 rings (SSSR count). The van der Waals surface area contributed by atoms with Gasteiger partial charge in [0.2, 0.25) is 5.91 Å². The Morgan fingerprint density at radius 1 is 1.03 bits per heavy atom. The minimum Gasteiger partial charge on any atom is -0.366 e. The van der Waals surface area contributed by atoms with Crippen molar-refractivity contribution < 1.29 is 13.2 Å². The summed E-state index contributed by atoms with van der Waals surface area (Å²) in [6, 6.07) is 20.4. The molecule has 32 heavy (non-hydrogen) atoms. The largest absolute Gasteiger partial charge is 0.366 e. The van der Waals surface area contributed by atoms with Crippen LogP contribution in [0.1, 0.15) is 23.6 Å². The lowest BCUT2D eigenvalue weighted by Gasteiger charge is -2.31. The monoisotopic (exact) mass is 468 g/mol. The Kier molecular flexibility index (Phi) is 6.53. The summed E-state index contributed by atoms with van der Waals surface area (Å²) >= 11 is 6.56. The summed E-state index contributed by atoms with van der Waals surface area (Å²) in [5.74, 6) is -0.139. The molecule has 1 N–H and O–H groups in total. The van der Waals surface area contributed by atoms with Gasteiger partial charge in [-0.25, -0.2) is 8.42 Å². The number of nitrogens with one attached hydrogen (secondary N) is 1. The van der Waals surface area contributed by atoms with Crippen LogP contribution in [0.4, 0.5) is 11.4 Å². The third-order valence-electron chi connectivity index (χ3n) is 5.73. The average molecular weight is 469 g/mol. The molecule has 0 radical (unpaired) electrons. The maximum atomic E-state index is 12.5. The first-order chi connectivity index (χ1) is 15.4. The maximum absolute atomic E-state index is 12.5. The summed E-state index contributed by atoms with van der Waals surface area (Å²) in [6.45, 7) is 3.31. The van der Waals surface area contributed by atoms with Crippen LogP contribution in [0.3, 0.4) is 0 Å². The molecule has 1 aliphatic rings. The van der Waals surface area contributed by atoms with Crippen LogP contribution >= 0.6 is 11.6 Å².